The fraction of sp³-hybridized carbons (Fsp3) is 0.0714. The van der Waals surface area contributed by atoms with Crippen LogP contribution in [0.2, 0.25) is 5.02 Å². The Balaban J connectivity index is 2.36. The van der Waals surface area contributed by atoms with Gasteiger partial charge in [0.25, 0.3) is 0 Å². The molecule has 0 spiro atoms. The smallest absolute Gasteiger partial charge is 0.337 e. The zero-order valence-corrected chi connectivity index (χ0v) is 10.9. The predicted molar refractivity (Wildman–Crippen MR) is 74.7 cm³/mol. The summed E-state index contributed by atoms with van der Waals surface area (Å²) in [7, 11) is 1.53. The molecular formula is C14H12ClNO3. The van der Waals surface area contributed by atoms with Gasteiger partial charge in [-0.3, -0.25) is 0 Å². The monoisotopic (exact) mass is 277 g/mol. The van der Waals surface area contributed by atoms with Crippen LogP contribution < -0.4 is 10.1 Å². The van der Waals surface area contributed by atoms with Gasteiger partial charge in [0.05, 0.1) is 18.4 Å². The number of carboxylic acid groups (broad SMARTS) is 1. The summed E-state index contributed by atoms with van der Waals surface area (Å²) >= 11 is 5.80. The Morgan fingerprint density at radius 1 is 1.21 bits per heavy atom. The Morgan fingerprint density at radius 2 is 1.89 bits per heavy atom. The number of carboxylic acids is 1. The Labute approximate surface area is 115 Å². The van der Waals surface area contributed by atoms with E-state index in [0.29, 0.717) is 16.5 Å². The Morgan fingerprint density at radius 3 is 2.47 bits per heavy atom. The van der Waals surface area contributed by atoms with Crippen LogP contribution in [0.25, 0.3) is 0 Å². The fourth-order valence-corrected chi connectivity index (χ4v) is 1.75. The molecule has 4 nitrogen and oxygen atoms in total. The minimum Gasteiger partial charge on any atom is -0.497 e. The van der Waals surface area contributed by atoms with Gasteiger partial charge in [0.2, 0.25) is 0 Å². The molecule has 0 amide bonds. The molecule has 0 aliphatic heterocycles. The van der Waals surface area contributed by atoms with Gasteiger partial charge in [-0.05, 0) is 36.4 Å². The van der Waals surface area contributed by atoms with Crippen molar-refractivity contribution >= 4 is 28.9 Å². The van der Waals surface area contributed by atoms with Crippen molar-refractivity contribution in [3.8, 4) is 5.75 Å². The molecule has 2 rings (SSSR count). The van der Waals surface area contributed by atoms with E-state index in [1.54, 1.807) is 36.4 Å². The third-order valence-electron chi connectivity index (χ3n) is 2.58. The lowest BCUT2D eigenvalue weighted by atomic mass is 10.1. The number of methoxy groups -OCH3 is 1. The molecule has 0 unspecified atom stereocenters. The summed E-state index contributed by atoms with van der Waals surface area (Å²) in [5, 5.41) is 12.8. The summed E-state index contributed by atoms with van der Waals surface area (Å²) in [6.45, 7) is 0. The van der Waals surface area contributed by atoms with Gasteiger partial charge in [-0.25, -0.2) is 4.79 Å². The van der Waals surface area contributed by atoms with E-state index >= 15 is 0 Å². The summed E-state index contributed by atoms with van der Waals surface area (Å²) in [4.78, 5) is 11.2. The first-order chi connectivity index (χ1) is 9.10. The van der Waals surface area contributed by atoms with Crippen molar-refractivity contribution in [2.24, 2.45) is 0 Å². The Bertz CT molecular complexity index is 596. The molecule has 0 aliphatic rings. The molecule has 0 heterocycles. The molecule has 0 saturated heterocycles. The molecule has 98 valence electrons. The standard InChI is InChI=1S/C14H12ClNO3/c1-19-11-6-7-12(14(17)18)13(8-11)16-10-4-2-9(15)3-5-10/h2-8,16H,1H3,(H,17,18). The van der Waals surface area contributed by atoms with Crippen LogP contribution in [-0.2, 0) is 0 Å². The molecule has 5 heteroatoms. The fourth-order valence-electron chi connectivity index (χ4n) is 1.63. The molecule has 0 aliphatic carbocycles. The first-order valence-corrected chi connectivity index (χ1v) is 5.92. The number of ether oxygens (including phenoxy) is 1. The van der Waals surface area contributed by atoms with E-state index in [9.17, 15) is 4.79 Å². The molecule has 2 N–H and O–H groups in total. The summed E-state index contributed by atoms with van der Waals surface area (Å²) < 4.78 is 5.09. The number of carbonyl (C=O) groups is 1. The maximum absolute atomic E-state index is 11.2. The second-order valence-corrected chi connectivity index (χ2v) is 4.28. The molecule has 0 bridgehead atoms. The second kappa shape index (κ2) is 5.63. The van der Waals surface area contributed by atoms with Crippen LogP contribution in [0.5, 0.6) is 5.75 Å². The molecule has 0 aromatic heterocycles. The van der Waals surface area contributed by atoms with Crippen LogP contribution in [0.1, 0.15) is 10.4 Å². The predicted octanol–water partition coefficient (Wildman–Crippen LogP) is 3.79. The van der Waals surface area contributed by atoms with E-state index in [1.807, 2.05) is 0 Å². The molecule has 2 aromatic carbocycles. The molecule has 0 radical (unpaired) electrons. The van der Waals surface area contributed by atoms with E-state index in [0.717, 1.165) is 5.69 Å². The van der Waals surface area contributed by atoms with Gasteiger partial charge < -0.3 is 15.2 Å². The van der Waals surface area contributed by atoms with Gasteiger partial charge in [0.1, 0.15) is 5.75 Å². The van der Waals surface area contributed by atoms with E-state index in [4.69, 9.17) is 21.4 Å². The van der Waals surface area contributed by atoms with Gasteiger partial charge in [0.15, 0.2) is 0 Å². The number of halogens is 1. The normalized spacial score (nSPS) is 10.0. The highest BCUT2D eigenvalue weighted by atomic mass is 35.5. The molecule has 2 aromatic rings. The van der Waals surface area contributed by atoms with E-state index in [1.165, 1.54) is 13.2 Å². The molecule has 0 atom stereocenters. The lowest BCUT2D eigenvalue weighted by molar-refractivity contribution is 0.0698. The molecule has 0 fully saturated rings. The quantitative estimate of drug-likeness (QED) is 0.893. The highest BCUT2D eigenvalue weighted by molar-refractivity contribution is 6.30. The number of aromatic carboxylic acids is 1. The summed E-state index contributed by atoms with van der Waals surface area (Å²) in [6.07, 6.45) is 0. The SMILES string of the molecule is COc1ccc(C(=O)O)c(Nc2ccc(Cl)cc2)c1. The van der Waals surface area contributed by atoms with Crippen molar-refractivity contribution in [1.82, 2.24) is 0 Å². The zero-order chi connectivity index (χ0) is 13.8. The van der Waals surface area contributed by atoms with Crippen LogP contribution in [-0.4, -0.2) is 18.2 Å². The van der Waals surface area contributed by atoms with Crippen molar-refractivity contribution in [3.63, 3.8) is 0 Å². The van der Waals surface area contributed by atoms with Crippen LogP contribution in [0.4, 0.5) is 11.4 Å². The van der Waals surface area contributed by atoms with Crippen LogP contribution in [0.3, 0.4) is 0 Å². The number of nitrogens with one attached hydrogen (secondary N) is 1. The van der Waals surface area contributed by atoms with Crippen molar-refractivity contribution in [3.05, 3.63) is 53.1 Å². The molecule has 0 saturated carbocycles. The van der Waals surface area contributed by atoms with Crippen LogP contribution in [0, 0.1) is 0 Å². The lowest BCUT2D eigenvalue weighted by Crippen LogP contribution is -2.03. The lowest BCUT2D eigenvalue weighted by Gasteiger charge is -2.11. The maximum Gasteiger partial charge on any atom is 0.337 e. The molecular weight excluding hydrogens is 266 g/mol. The summed E-state index contributed by atoms with van der Waals surface area (Å²) in [5.74, 6) is -0.416. The van der Waals surface area contributed by atoms with Gasteiger partial charge in [-0.1, -0.05) is 11.6 Å². The Hall–Kier alpha value is -2.20. The minimum atomic E-state index is -1.00. The van der Waals surface area contributed by atoms with Crippen LogP contribution in [0.15, 0.2) is 42.5 Å². The third kappa shape index (κ3) is 3.17. The first kappa shape index (κ1) is 13.2. The third-order valence-corrected chi connectivity index (χ3v) is 2.83. The minimum absolute atomic E-state index is 0.177. The number of hydrogen-bond acceptors (Lipinski definition) is 3. The average Bonchev–Trinajstić information content (AvgIpc) is 2.41. The van der Waals surface area contributed by atoms with E-state index in [2.05, 4.69) is 5.32 Å². The maximum atomic E-state index is 11.2. The average molecular weight is 278 g/mol. The topological polar surface area (TPSA) is 58.6 Å². The molecule has 19 heavy (non-hydrogen) atoms. The van der Waals surface area contributed by atoms with Gasteiger partial charge >= 0.3 is 5.97 Å². The zero-order valence-electron chi connectivity index (χ0n) is 10.2. The van der Waals surface area contributed by atoms with Crippen molar-refractivity contribution in [2.75, 3.05) is 12.4 Å². The highest BCUT2D eigenvalue weighted by Gasteiger charge is 2.11. The van der Waals surface area contributed by atoms with Crippen molar-refractivity contribution < 1.29 is 14.6 Å². The van der Waals surface area contributed by atoms with E-state index < -0.39 is 5.97 Å². The first-order valence-electron chi connectivity index (χ1n) is 5.54. The van der Waals surface area contributed by atoms with Gasteiger partial charge in [-0.15, -0.1) is 0 Å². The second-order valence-electron chi connectivity index (χ2n) is 3.85. The number of rotatable bonds is 4. The Kier molecular flexibility index (Phi) is 3.92. The van der Waals surface area contributed by atoms with Crippen molar-refractivity contribution in [2.45, 2.75) is 0 Å². The summed E-state index contributed by atoms with van der Waals surface area (Å²) in [6, 6.07) is 11.7. The summed E-state index contributed by atoms with van der Waals surface area (Å²) in [5.41, 5.74) is 1.39. The highest BCUT2D eigenvalue weighted by Crippen LogP contribution is 2.26. The number of benzene rings is 2. The van der Waals surface area contributed by atoms with E-state index in [-0.39, 0.29) is 5.56 Å². The van der Waals surface area contributed by atoms with Gasteiger partial charge in [0, 0.05) is 16.8 Å². The van der Waals surface area contributed by atoms with Gasteiger partial charge in [-0.2, -0.15) is 0 Å². The van der Waals surface area contributed by atoms with Crippen molar-refractivity contribution in [1.29, 1.82) is 0 Å². The van der Waals surface area contributed by atoms with Crippen LogP contribution >= 0.6 is 11.6 Å². The number of anilines is 2. The largest absolute Gasteiger partial charge is 0.497 e. The number of hydrogen-bond donors (Lipinski definition) is 2.